The maximum absolute atomic E-state index is 12.0. The van der Waals surface area contributed by atoms with Gasteiger partial charge < -0.3 is 20.9 Å². The molecule has 0 spiro atoms. The molecule has 142 valence electrons. The number of hydrogen-bond donors (Lipinski definition) is 3. The summed E-state index contributed by atoms with van der Waals surface area (Å²) in [7, 11) is 1.69. The zero-order chi connectivity index (χ0) is 19.6. The smallest absolute Gasteiger partial charge is 0.323 e. The predicted octanol–water partition coefficient (Wildman–Crippen LogP) is 2.47. The molecule has 7 heteroatoms. The molecule has 0 saturated heterocycles. The summed E-state index contributed by atoms with van der Waals surface area (Å²) in [5.74, 6) is -0.356. The van der Waals surface area contributed by atoms with E-state index in [1.54, 1.807) is 48.3 Å². The Morgan fingerprint density at radius 2 is 1.48 bits per heavy atom. The molecule has 0 aliphatic rings. The summed E-state index contributed by atoms with van der Waals surface area (Å²) in [4.78, 5) is 37.1. The van der Waals surface area contributed by atoms with Crippen molar-refractivity contribution in [2.24, 2.45) is 0 Å². The first kappa shape index (κ1) is 20.0. The van der Waals surface area contributed by atoms with E-state index in [4.69, 9.17) is 0 Å². The summed E-state index contributed by atoms with van der Waals surface area (Å²) in [5, 5.41) is 8.07. The Morgan fingerprint density at radius 3 is 2.07 bits per heavy atom. The molecule has 0 unspecified atom stereocenters. The second-order valence-electron chi connectivity index (χ2n) is 6.00. The third kappa shape index (κ3) is 6.81. The van der Waals surface area contributed by atoms with Gasteiger partial charge in [0.1, 0.15) is 0 Å². The number of rotatable bonds is 7. The van der Waals surface area contributed by atoms with E-state index >= 15 is 0 Å². The molecule has 0 atom stereocenters. The molecule has 0 aliphatic heterocycles. The minimum atomic E-state index is -0.342. The first-order valence-corrected chi connectivity index (χ1v) is 8.70. The lowest BCUT2D eigenvalue weighted by atomic mass is 10.1. The lowest BCUT2D eigenvalue weighted by molar-refractivity contribution is -0.131. The van der Waals surface area contributed by atoms with E-state index in [-0.39, 0.29) is 30.8 Å². The van der Waals surface area contributed by atoms with E-state index in [1.807, 2.05) is 25.1 Å². The van der Waals surface area contributed by atoms with Crippen LogP contribution in [0.2, 0.25) is 0 Å². The van der Waals surface area contributed by atoms with Crippen molar-refractivity contribution in [1.82, 2.24) is 10.2 Å². The number of likely N-dealkylation sites (N-methyl/N-ethyl adjacent to an activating group) is 1. The van der Waals surface area contributed by atoms with Crippen molar-refractivity contribution in [2.45, 2.75) is 13.3 Å². The molecule has 0 heterocycles. The number of para-hydroxylation sites is 1. The van der Waals surface area contributed by atoms with Gasteiger partial charge in [-0.25, -0.2) is 4.79 Å². The second kappa shape index (κ2) is 9.96. The van der Waals surface area contributed by atoms with Gasteiger partial charge in [0.25, 0.3) is 0 Å². The highest BCUT2D eigenvalue weighted by Gasteiger charge is 2.09. The van der Waals surface area contributed by atoms with Crippen molar-refractivity contribution in [1.29, 1.82) is 0 Å². The molecular formula is C20H24N4O3. The zero-order valence-corrected chi connectivity index (χ0v) is 15.5. The van der Waals surface area contributed by atoms with Crippen molar-refractivity contribution in [3.8, 4) is 0 Å². The van der Waals surface area contributed by atoms with Crippen LogP contribution in [0.15, 0.2) is 54.6 Å². The normalized spacial score (nSPS) is 10.0. The average molecular weight is 368 g/mol. The van der Waals surface area contributed by atoms with Gasteiger partial charge in [0, 0.05) is 25.0 Å². The molecule has 2 aromatic rings. The van der Waals surface area contributed by atoms with Crippen molar-refractivity contribution in [3.63, 3.8) is 0 Å². The fraction of sp³-hybridized carbons (Fsp3) is 0.250. The highest BCUT2D eigenvalue weighted by molar-refractivity contribution is 5.99. The first-order chi connectivity index (χ1) is 13.0. The maximum atomic E-state index is 12.0. The fourth-order valence-corrected chi connectivity index (χ4v) is 2.25. The van der Waals surface area contributed by atoms with Gasteiger partial charge in [-0.15, -0.1) is 0 Å². The minimum Gasteiger partial charge on any atom is -0.347 e. The third-order valence-corrected chi connectivity index (χ3v) is 3.95. The molecule has 3 N–H and O–H groups in total. The van der Waals surface area contributed by atoms with Crippen molar-refractivity contribution < 1.29 is 14.4 Å². The molecule has 2 rings (SSSR count). The molecular weight excluding hydrogens is 344 g/mol. The Balaban J connectivity index is 1.79. The Hall–Kier alpha value is -3.35. The molecule has 4 amide bonds. The molecule has 7 nitrogen and oxygen atoms in total. The Morgan fingerprint density at radius 1 is 0.889 bits per heavy atom. The van der Waals surface area contributed by atoms with Crippen LogP contribution in [-0.2, 0) is 16.0 Å². The summed E-state index contributed by atoms with van der Waals surface area (Å²) in [6.07, 6.45) is 0.166. The summed E-state index contributed by atoms with van der Waals surface area (Å²) in [6.45, 7) is 2.46. The Labute approximate surface area is 158 Å². The number of carbonyl (C=O) groups is 3. The number of urea groups is 1. The molecule has 0 radical (unpaired) electrons. The van der Waals surface area contributed by atoms with Crippen molar-refractivity contribution in [2.75, 3.05) is 30.8 Å². The van der Waals surface area contributed by atoms with Crippen LogP contribution in [-0.4, -0.2) is 42.9 Å². The molecule has 0 bridgehead atoms. The van der Waals surface area contributed by atoms with Gasteiger partial charge in [-0.3, -0.25) is 9.59 Å². The van der Waals surface area contributed by atoms with E-state index in [2.05, 4.69) is 16.0 Å². The van der Waals surface area contributed by atoms with Gasteiger partial charge in [0.15, 0.2) is 0 Å². The van der Waals surface area contributed by atoms with Crippen LogP contribution in [0.3, 0.4) is 0 Å². The van der Waals surface area contributed by atoms with Crippen LogP contribution in [0.4, 0.5) is 16.2 Å². The van der Waals surface area contributed by atoms with Crippen molar-refractivity contribution in [3.05, 3.63) is 60.2 Å². The number of hydrogen-bond acceptors (Lipinski definition) is 3. The van der Waals surface area contributed by atoms with E-state index in [0.717, 1.165) is 5.56 Å². The number of carbonyl (C=O) groups excluding carboxylic acids is 3. The standard InChI is InChI=1S/C20H24N4O3/c1-3-24(2)19(26)14-21-18(25)13-15-9-11-17(12-10-15)23-20(27)22-16-7-5-4-6-8-16/h4-12H,3,13-14H2,1-2H3,(H,21,25)(H2,22,23,27). The summed E-state index contributed by atoms with van der Waals surface area (Å²) in [5.41, 5.74) is 2.11. The number of anilines is 2. The van der Waals surface area contributed by atoms with Crippen LogP contribution < -0.4 is 16.0 Å². The van der Waals surface area contributed by atoms with Gasteiger partial charge in [0.2, 0.25) is 11.8 Å². The largest absolute Gasteiger partial charge is 0.347 e. The number of nitrogens with zero attached hydrogens (tertiary/aromatic N) is 1. The zero-order valence-electron chi connectivity index (χ0n) is 15.5. The quantitative estimate of drug-likeness (QED) is 0.701. The molecule has 0 saturated carbocycles. The topological polar surface area (TPSA) is 90.5 Å². The summed E-state index contributed by atoms with van der Waals surface area (Å²) < 4.78 is 0. The number of benzene rings is 2. The van der Waals surface area contributed by atoms with E-state index in [9.17, 15) is 14.4 Å². The molecule has 27 heavy (non-hydrogen) atoms. The molecule has 0 aliphatic carbocycles. The van der Waals surface area contributed by atoms with Gasteiger partial charge in [-0.05, 0) is 36.8 Å². The highest BCUT2D eigenvalue weighted by atomic mass is 16.2. The van der Waals surface area contributed by atoms with Crippen LogP contribution in [0.25, 0.3) is 0 Å². The molecule has 0 fully saturated rings. The summed E-state index contributed by atoms with van der Waals surface area (Å²) in [6, 6.07) is 15.8. The van der Waals surface area contributed by atoms with Crippen LogP contribution in [0, 0.1) is 0 Å². The van der Waals surface area contributed by atoms with Gasteiger partial charge in [-0.2, -0.15) is 0 Å². The highest BCUT2D eigenvalue weighted by Crippen LogP contribution is 2.11. The Kier molecular flexibility index (Phi) is 7.37. The van der Waals surface area contributed by atoms with Gasteiger partial charge in [0.05, 0.1) is 13.0 Å². The SMILES string of the molecule is CCN(C)C(=O)CNC(=O)Cc1ccc(NC(=O)Nc2ccccc2)cc1. The van der Waals surface area contributed by atoms with Crippen LogP contribution in [0.5, 0.6) is 0 Å². The fourth-order valence-electron chi connectivity index (χ4n) is 2.25. The molecule has 2 aromatic carbocycles. The van der Waals surface area contributed by atoms with E-state index in [1.165, 1.54) is 0 Å². The predicted molar refractivity (Wildman–Crippen MR) is 106 cm³/mol. The maximum Gasteiger partial charge on any atom is 0.323 e. The first-order valence-electron chi connectivity index (χ1n) is 8.70. The van der Waals surface area contributed by atoms with E-state index in [0.29, 0.717) is 17.9 Å². The van der Waals surface area contributed by atoms with Crippen molar-refractivity contribution >= 4 is 29.2 Å². The summed E-state index contributed by atoms with van der Waals surface area (Å²) >= 11 is 0. The number of nitrogens with one attached hydrogen (secondary N) is 3. The van der Waals surface area contributed by atoms with Crippen LogP contribution >= 0.6 is 0 Å². The second-order valence-corrected chi connectivity index (χ2v) is 6.00. The minimum absolute atomic E-state index is 0.0114. The van der Waals surface area contributed by atoms with Crippen LogP contribution in [0.1, 0.15) is 12.5 Å². The monoisotopic (exact) mass is 368 g/mol. The Bertz CT molecular complexity index is 776. The van der Waals surface area contributed by atoms with Gasteiger partial charge >= 0.3 is 6.03 Å². The van der Waals surface area contributed by atoms with Gasteiger partial charge in [-0.1, -0.05) is 30.3 Å². The molecule has 0 aromatic heterocycles. The average Bonchev–Trinajstić information content (AvgIpc) is 2.67. The lowest BCUT2D eigenvalue weighted by Gasteiger charge is -2.14. The number of amides is 4. The van der Waals surface area contributed by atoms with E-state index < -0.39 is 0 Å². The lowest BCUT2D eigenvalue weighted by Crippen LogP contribution is -2.38. The third-order valence-electron chi connectivity index (χ3n) is 3.95.